The van der Waals surface area contributed by atoms with Crippen molar-refractivity contribution in [3.05, 3.63) is 77.2 Å². The molecule has 0 aromatic carbocycles. The molecule has 0 unspecified atom stereocenters. The van der Waals surface area contributed by atoms with Gasteiger partial charge in [0.05, 0.1) is 6.33 Å². The number of aryl methyl sites for hydroxylation is 3. The van der Waals surface area contributed by atoms with E-state index in [1.165, 1.54) is 16.7 Å². The highest BCUT2D eigenvalue weighted by Gasteiger charge is 2.06. The van der Waals surface area contributed by atoms with Crippen LogP contribution in [0.3, 0.4) is 0 Å². The van der Waals surface area contributed by atoms with Gasteiger partial charge in [-0.3, -0.25) is 9.36 Å². The lowest BCUT2D eigenvalue weighted by Crippen LogP contribution is -2.22. The van der Waals surface area contributed by atoms with E-state index in [9.17, 15) is 9.18 Å². The zero-order valence-corrected chi connectivity index (χ0v) is 15.2. The van der Waals surface area contributed by atoms with Crippen molar-refractivity contribution in [1.82, 2.24) is 24.4 Å². The second kappa shape index (κ2) is 9.50. The molecule has 7 heteroatoms. The molecule has 0 aliphatic rings. The number of hydrogen-bond acceptors (Lipinski definition) is 4. The first-order valence-corrected chi connectivity index (χ1v) is 8.41. The summed E-state index contributed by atoms with van der Waals surface area (Å²) in [6.45, 7) is 8.34. The first-order chi connectivity index (χ1) is 12.5. The van der Waals surface area contributed by atoms with Crippen molar-refractivity contribution < 1.29 is 4.39 Å². The van der Waals surface area contributed by atoms with E-state index in [2.05, 4.69) is 21.9 Å². The Balaban J connectivity index is 1.97. The van der Waals surface area contributed by atoms with Crippen LogP contribution in [0, 0.1) is 13.8 Å². The fourth-order valence-electron chi connectivity index (χ4n) is 2.54. The van der Waals surface area contributed by atoms with E-state index in [1.807, 2.05) is 10.8 Å². The van der Waals surface area contributed by atoms with Crippen molar-refractivity contribution >= 4 is 5.70 Å². The van der Waals surface area contributed by atoms with E-state index in [-0.39, 0.29) is 5.56 Å². The SMILES string of the molecule is C=C(/C=C\C(=C/CF)n1c(C)nc(C)cc1=O)NCCCn1ccnc1. The highest BCUT2D eigenvalue weighted by atomic mass is 19.1. The summed E-state index contributed by atoms with van der Waals surface area (Å²) in [5.41, 5.74) is 1.52. The molecule has 138 valence electrons. The Kier molecular flexibility index (Phi) is 7.08. The summed E-state index contributed by atoms with van der Waals surface area (Å²) < 4.78 is 16.3. The van der Waals surface area contributed by atoms with Crippen LogP contribution < -0.4 is 10.9 Å². The number of allylic oxidation sites excluding steroid dienone is 4. The van der Waals surface area contributed by atoms with E-state index in [4.69, 9.17) is 0 Å². The molecular formula is C19H24FN5O. The molecule has 6 nitrogen and oxygen atoms in total. The van der Waals surface area contributed by atoms with Crippen LogP contribution in [-0.2, 0) is 6.54 Å². The highest BCUT2D eigenvalue weighted by molar-refractivity contribution is 5.58. The molecule has 0 fully saturated rings. The Morgan fingerprint density at radius 2 is 2.19 bits per heavy atom. The molecule has 0 spiro atoms. The molecule has 2 aromatic rings. The molecule has 0 amide bonds. The van der Waals surface area contributed by atoms with Gasteiger partial charge in [0.2, 0.25) is 0 Å². The number of hydrogen-bond donors (Lipinski definition) is 1. The summed E-state index contributed by atoms with van der Waals surface area (Å²) in [4.78, 5) is 20.5. The van der Waals surface area contributed by atoms with Gasteiger partial charge in [-0.2, -0.15) is 0 Å². The van der Waals surface area contributed by atoms with E-state index < -0.39 is 6.67 Å². The second-order valence-electron chi connectivity index (χ2n) is 5.84. The van der Waals surface area contributed by atoms with Gasteiger partial charge < -0.3 is 9.88 Å². The average molecular weight is 357 g/mol. The predicted molar refractivity (Wildman–Crippen MR) is 101 cm³/mol. The molecule has 1 N–H and O–H groups in total. The Morgan fingerprint density at radius 3 is 2.85 bits per heavy atom. The van der Waals surface area contributed by atoms with Crippen molar-refractivity contribution in [1.29, 1.82) is 0 Å². The monoisotopic (exact) mass is 357 g/mol. The van der Waals surface area contributed by atoms with Gasteiger partial charge in [-0.05, 0) is 38.5 Å². The van der Waals surface area contributed by atoms with E-state index in [0.29, 0.717) is 22.9 Å². The van der Waals surface area contributed by atoms with Gasteiger partial charge in [0, 0.05) is 48.6 Å². The first kappa shape index (κ1) is 19.4. The molecule has 2 aromatic heterocycles. The van der Waals surface area contributed by atoms with E-state index in [0.717, 1.165) is 19.5 Å². The molecule has 0 radical (unpaired) electrons. The van der Waals surface area contributed by atoms with E-state index >= 15 is 0 Å². The van der Waals surface area contributed by atoms with Crippen molar-refractivity contribution in [2.24, 2.45) is 0 Å². The summed E-state index contributed by atoms with van der Waals surface area (Å²) in [6.07, 6.45) is 11.1. The van der Waals surface area contributed by atoms with Crippen LogP contribution in [0.1, 0.15) is 17.9 Å². The third kappa shape index (κ3) is 5.54. The van der Waals surface area contributed by atoms with Crippen molar-refractivity contribution in [2.45, 2.75) is 26.8 Å². The van der Waals surface area contributed by atoms with Crippen LogP contribution in [0.15, 0.2) is 60.1 Å². The third-order valence-electron chi connectivity index (χ3n) is 3.72. The summed E-state index contributed by atoms with van der Waals surface area (Å²) in [5.74, 6) is 0.512. The third-order valence-corrected chi connectivity index (χ3v) is 3.72. The zero-order chi connectivity index (χ0) is 18.9. The fourth-order valence-corrected chi connectivity index (χ4v) is 2.54. The van der Waals surface area contributed by atoms with Crippen molar-refractivity contribution in [2.75, 3.05) is 13.2 Å². The van der Waals surface area contributed by atoms with Gasteiger partial charge in [-0.1, -0.05) is 6.58 Å². The van der Waals surface area contributed by atoms with E-state index in [1.54, 1.807) is 38.5 Å². The number of aromatic nitrogens is 4. The van der Waals surface area contributed by atoms with Crippen LogP contribution in [0.2, 0.25) is 0 Å². The van der Waals surface area contributed by atoms with Crippen molar-refractivity contribution in [3.8, 4) is 0 Å². The maximum Gasteiger partial charge on any atom is 0.258 e. The molecule has 26 heavy (non-hydrogen) atoms. The van der Waals surface area contributed by atoms with Crippen molar-refractivity contribution in [3.63, 3.8) is 0 Å². The maximum absolute atomic E-state index is 12.9. The minimum Gasteiger partial charge on any atom is -0.385 e. The maximum atomic E-state index is 12.9. The predicted octanol–water partition coefficient (Wildman–Crippen LogP) is 2.62. The lowest BCUT2D eigenvalue weighted by atomic mass is 10.3. The lowest BCUT2D eigenvalue weighted by molar-refractivity contribution is 0.561. The van der Waals surface area contributed by atoms with Crippen LogP contribution in [0.5, 0.6) is 0 Å². The Labute approximate surface area is 152 Å². The number of nitrogens with one attached hydrogen (secondary N) is 1. The summed E-state index contributed by atoms with van der Waals surface area (Å²) in [6, 6.07) is 1.43. The Bertz CT molecular complexity index is 849. The number of nitrogens with zero attached hydrogens (tertiary/aromatic N) is 4. The Morgan fingerprint density at radius 1 is 1.38 bits per heavy atom. The van der Waals surface area contributed by atoms with Crippen LogP contribution in [0.25, 0.3) is 5.70 Å². The molecule has 0 atom stereocenters. The smallest absolute Gasteiger partial charge is 0.258 e. The number of alkyl halides is 1. The Hall–Kier alpha value is -2.96. The highest BCUT2D eigenvalue weighted by Crippen LogP contribution is 2.08. The molecular weight excluding hydrogens is 333 g/mol. The number of halogens is 1. The topological polar surface area (TPSA) is 64.7 Å². The molecule has 0 aliphatic heterocycles. The first-order valence-electron chi connectivity index (χ1n) is 8.41. The molecule has 2 rings (SSSR count). The van der Waals surface area contributed by atoms with Gasteiger partial charge in [-0.25, -0.2) is 14.4 Å². The van der Waals surface area contributed by atoms with Crippen LogP contribution >= 0.6 is 0 Å². The van der Waals surface area contributed by atoms with Gasteiger partial charge >= 0.3 is 0 Å². The number of imidazole rings is 1. The minimum atomic E-state index is -0.676. The summed E-state index contributed by atoms with van der Waals surface area (Å²) >= 11 is 0. The van der Waals surface area contributed by atoms with Gasteiger partial charge in [0.1, 0.15) is 12.5 Å². The van der Waals surface area contributed by atoms with Gasteiger partial charge in [-0.15, -0.1) is 0 Å². The quantitative estimate of drug-likeness (QED) is 0.553. The second-order valence-corrected chi connectivity index (χ2v) is 5.84. The summed E-state index contributed by atoms with van der Waals surface area (Å²) in [7, 11) is 0. The molecule has 0 saturated heterocycles. The molecule has 0 aliphatic carbocycles. The lowest BCUT2D eigenvalue weighted by Gasteiger charge is -2.11. The molecule has 0 saturated carbocycles. The largest absolute Gasteiger partial charge is 0.385 e. The molecule has 0 bridgehead atoms. The molecule has 2 heterocycles. The number of rotatable bonds is 9. The minimum absolute atomic E-state index is 0.238. The zero-order valence-electron chi connectivity index (χ0n) is 15.2. The summed E-state index contributed by atoms with van der Waals surface area (Å²) in [5, 5.41) is 3.19. The van der Waals surface area contributed by atoms with Crippen LogP contribution in [0.4, 0.5) is 4.39 Å². The fraction of sp³-hybridized carbons (Fsp3) is 0.316. The van der Waals surface area contributed by atoms with Gasteiger partial charge in [0.15, 0.2) is 0 Å². The van der Waals surface area contributed by atoms with Gasteiger partial charge in [0.25, 0.3) is 5.56 Å². The standard InChI is InChI=1S/C19H24FN5O/c1-15(22-9-4-11-24-12-10-21-14-24)5-6-18(7-8-20)25-17(3)23-16(2)13-19(25)26/h5-7,10,12-14,22H,1,4,8-9,11H2,2-3H3/b6-5-,18-7+. The normalized spacial score (nSPS) is 11.9. The van der Waals surface area contributed by atoms with Crippen LogP contribution in [-0.4, -0.2) is 32.3 Å². The average Bonchev–Trinajstić information content (AvgIpc) is 3.09.